The molecule has 0 spiro atoms. The third-order valence-corrected chi connectivity index (χ3v) is 7.21. The summed E-state index contributed by atoms with van der Waals surface area (Å²) in [5, 5.41) is 2.65. The minimum absolute atomic E-state index is 0.113. The highest BCUT2D eigenvalue weighted by Crippen LogP contribution is 2.33. The molecule has 1 aromatic carbocycles. The zero-order chi connectivity index (χ0) is 19.2. The van der Waals surface area contributed by atoms with Crippen LogP contribution in [0, 0.1) is 0 Å². The minimum Gasteiger partial charge on any atom is -0.478 e. The van der Waals surface area contributed by atoms with E-state index in [4.69, 9.17) is 4.74 Å². The van der Waals surface area contributed by atoms with E-state index in [0.29, 0.717) is 17.0 Å². The zero-order valence-corrected chi connectivity index (χ0v) is 16.2. The van der Waals surface area contributed by atoms with Gasteiger partial charge in [0.1, 0.15) is 5.75 Å². The number of fused-ring (bicyclic) bond motifs is 2. The van der Waals surface area contributed by atoms with Crippen molar-refractivity contribution in [2.24, 2.45) is 0 Å². The average Bonchev–Trinajstić information content (AvgIpc) is 3.22. The SMILES string of the molecule is CC[C@@H]1Oc2ccc(S(=O)(=O)NC(=O)c3cc4c(s3)CCC4)cc2NC1=O. The minimum atomic E-state index is -4.07. The van der Waals surface area contributed by atoms with Gasteiger partial charge in [0.25, 0.3) is 21.8 Å². The topological polar surface area (TPSA) is 102 Å². The van der Waals surface area contributed by atoms with Gasteiger partial charge in [0.05, 0.1) is 15.5 Å². The second-order valence-corrected chi connectivity index (χ2v) is 9.33. The van der Waals surface area contributed by atoms with E-state index in [1.54, 1.807) is 6.07 Å². The summed E-state index contributed by atoms with van der Waals surface area (Å²) in [5.74, 6) is -0.559. The number of hydrogen-bond donors (Lipinski definition) is 2. The molecule has 1 aliphatic heterocycles. The molecule has 0 saturated heterocycles. The lowest BCUT2D eigenvalue weighted by molar-refractivity contribution is -0.123. The van der Waals surface area contributed by atoms with E-state index in [2.05, 4.69) is 10.0 Å². The van der Waals surface area contributed by atoms with Crippen LogP contribution in [0.1, 0.15) is 39.9 Å². The van der Waals surface area contributed by atoms with Crippen LogP contribution in [0.25, 0.3) is 0 Å². The molecule has 9 heteroatoms. The highest BCUT2D eigenvalue weighted by molar-refractivity contribution is 7.90. The van der Waals surface area contributed by atoms with Crippen LogP contribution >= 0.6 is 11.3 Å². The summed E-state index contributed by atoms with van der Waals surface area (Å²) in [6.45, 7) is 1.82. The molecule has 27 heavy (non-hydrogen) atoms. The smallest absolute Gasteiger partial charge is 0.275 e. The average molecular weight is 406 g/mol. The van der Waals surface area contributed by atoms with Gasteiger partial charge in [-0.15, -0.1) is 11.3 Å². The second-order valence-electron chi connectivity index (χ2n) is 6.51. The van der Waals surface area contributed by atoms with E-state index < -0.39 is 22.0 Å². The fraction of sp³-hybridized carbons (Fsp3) is 0.333. The number of amides is 2. The van der Waals surface area contributed by atoms with Crippen molar-refractivity contribution in [2.45, 2.75) is 43.6 Å². The lowest BCUT2D eigenvalue weighted by Crippen LogP contribution is -2.36. The Morgan fingerprint density at radius 3 is 2.89 bits per heavy atom. The third-order valence-electron chi connectivity index (χ3n) is 4.65. The second kappa shape index (κ2) is 6.65. The summed E-state index contributed by atoms with van der Waals surface area (Å²) >= 11 is 1.34. The van der Waals surface area contributed by atoms with Gasteiger partial charge in [0, 0.05) is 4.88 Å². The predicted molar refractivity (Wildman–Crippen MR) is 101 cm³/mol. The van der Waals surface area contributed by atoms with Crippen LogP contribution in [0.2, 0.25) is 0 Å². The highest BCUT2D eigenvalue weighted by atomic mass is 32.2. The van der Waals surface area contributed by atoms with Crippen LogP contribution in [0.5, 0.6) is 5.75 Å². The first-order valence-corrected chi connectivity index (χ1v) is 11.0. The highest BCUT2D eigenvalue weighted by Gasteiger charge is 2.28. The number of carbonyl (C=O) groups excluding carboxylic acids is 2. The molecule has 0 saturated carbocycles. The van der Waals surface area contributed by atoms with Crippen LogP contribution in [-0.4, -0.2) is 26.3 Å². The monoisotopic (exact) mass is 406 g/mol. The molecule has 2 heterocycles. The van der Waals surface area contributed by atoms with Gasteiger partial charge < -0.3 is 10.1 Å². The molecule has 2 amide bonds. The van der Waals surface area contributed by atoms with Gasteiger partial charge in [0.15, 0.2) is 6.10 Å². The van der Waals surface area contributed by atoms with Crippen molar-refractivity contribution in [3.05, 3.63) is 39.6 Å². The first-order valence-electron chi connectivity index (χ1n) is 8.67. The van der Waals surface area contributed by atoms with E-state index in [-0.39, 0.29) is 16.5 Å². The van der Waals surface area contributed by atoms with E-state index in [9.17, 15) is 18.0 Å². The van der Waals surface area contributed by atoms with Gasteiger partial charge in [-0.2, -0.15) is 0 Å². The van der Waals surface area contributed by atoms with Gasteiger partial charge in [-0.05, 0) is 55.5 Å². The molecule has 0 fully saturated rings. The van der Waals surface area contributed by atoms with Crippen molar-refractivity contribution in [3.8, 4) is 5.75 Å². The van der Waals surface area contributed by atoms with Crippen LogP contribution in [-0.2, 0) is 27.7 Å². The van der Waals surface area contributed by atoms with Crippen molar-refractivity contribution in [3.63, 3.8) is 0 Å². The molecule has 0 radical (unpaired) electrons. The van der Waals surface area contributed by atoms with Gasteiger partial charge in [0.2, 0.25) is 0 Å². The fourth-order valence-corrected chi connectivity index (χ4v) is 5.44. The molecule has 1 aromatic heterocycles. The van der Waals surface area contributed by atoms with Gasteiger partial charge in [-0.1, -0.05) is 6.92 Å². The first kappa shape index (κ1) is 18.0. The molecule has 142 valence electrons. The van der Waals surface area contributed by atoms with Crippen LogP contribution in [0.15, 0.2) is 29.2 Å². The summed E-state index contributed by atoms with van der Waals surface area (Å²) in [6, 6.07) is 5.90. The normalized spacial score (nSPS) is 18.3. The number of nitrogens with one attached hydrogen (secondary N) is 2. The summed E-state index contributed by atoms with van der Waals surface area (Å²) < 4.78 is 32.9. The molecule has 2 aromatic rings. The summed E-state index contributed by atoms with van der Waals surface area (Å²) in [4.78, 5) is 25.7. The number of ether oxygens (including phenoxy) is 1. The molecule has 7 nitrogen and oxygen atoms in total. The number of carbonyl (C=O) groups is 2. The predicted octanol–water partition coefficient (Wildman–Crippen LogP) is 2.47. The molecule has 0 unspecified atom stereocenters. The fourth-order valence-electron chi connectivity index (χ4n) is 3.24. The maximum absolute atomic E-state index is 12.6. The Balaban J connectivity index is 1.56. The number of anilines is 1. The molecule has 1 aliphatic carbocycles. The third kappa shape index (κ3) is 3.32. The van der Waals surface area contributed by atoms with Crippen molar-refractivity contribution in [1.82, 2.24) is 4.72 Å². The Labute approximate surface area is 160 Å². The molecule has 0 bridgehead atoms. The number of rotatable bonds is 4. The summed E-state index contributed by atoms with van der Waals surface area (Å²) in [7, 11) is -4.07. The number of thiophene rings is 1. The Hall–Kier alpha value is -2.39. The molecular weight excluding hydrogens is 388 g/mol. The van der Waals surface area contributed by atoms with Crippen molar-refractivity contribution >= 4 is 38.9 Å². The van der Waals surface area contributed by atoms with Crippen molar-refractivity contribution in [1.29, 1.82) is 0 Å². The maximum atomic E-state index is 12.6. The van der Waals surface area contributed by atoms with Crippen molar-refractivity contribution < 1.29 is 22.7 Å². The van der Waals surface area contributed by atoms with E-state index in [1.807, 2.05) is 6.92 Å². The Morgan fingerprint density at radius 2 is 2.15 bits per heavy atom. The van der Waals surface area contributed by atoms with Crippen LogP contribution in [0.3, 0.4) is 0 Å². The van der Waals surface area contributed by atoms with Crippen LogP contribution < -0.4 is 14.8 Å². The number of hydrogen-bond acceptors (Lipinski definition) is 6. The Morgan fingerprint density at radius 1 is 1.33 bits per heavy atom. The molecule has 4 rings (SSSR count). The molecule has 2 aliphatic rings. The van der Waals surface area contributed by atoms with Gasteiger partial charge >= 0.3 is 0 Å². The van der Waals surface area contributed by atoms with Gasteiger partial charge in [-0.25, -0.2) is 13.1 Å². The zero-order valence-electron chi connectivity index (χ0n) is 14.6. The molecule has 1 atom stereocenters. The van der Waals surface area contributed by atoms with E-state index in [1.165, 1.54) is 29.5 Å². The maximum Gasteiger partial charge on any atom is 0.275 e. The standard InChI is InChI=1S/C18H18N2O5S2/c1-2-13-17(21)19-12-9-11(6-7-14(12)25-13)27(23,24)20-18(22)16-8-10-4-3-5-15(10)26-16/h6-9,13H,2-5H2,1H3,(H,19,21)(H,20,22)/t13-/m0/s1. The number of aryl methyl sites for hydroxylation is 2. The number of benzene rings is 1. The molecular formula is C18H18N2O5S2. The van der Waals surface area contributed by atoms with E-state index in [0.717, 1.165) is 29.7 Å². The summed E-state index contributed by atoms with van der Waals surface area (Å²) in [6.07, 6.45) is 2.84. The van der Waals surface area contributed by atoms with Gasteiger partial charge in [-0.3, -0.25) is 9.59 Å². The van der Waals surface area contributed by atoms with Crippen molar-refractivity contribution in [2.75, 3.05) is 5.32 Å². The lowest BCUT2D eigenvalue weighted by Gasteiger charge is -2.25. The molecule has 2 N–H and O–H groups in total. The van der Waals surface area contributed by atoms with E-state index >= 15 is 0 Å². The summed E-state index contributed by atoms with van der Waals surface area (Å²) in [5.41, 5.74) is 1.40. The Bertz CT molecular complexity index is 1020. The Kier molecular flexibility index (Phi) is 4.43. The number of sulfonamides is 1. The quantitative estimate of drug-likeness (QED) is 0.812. The largest absolute Gasteiger partial charge is 0.478 e. The van der Waals surface area contributed by atoms with Crippen LogP contribution in [0.4, 0.5) is 5.69 Å². The lowest BCUT2D eigenvalue weighted by atomic mass is 10.2. The first-order chi connectivity index (χ1) is 12.9.